The Hall–Kier alpha value is -1.51. The number of aliphatic hydroxyl groups is 4. The van der Waals surface area contributed by atoms with Crippen LogP contribution in [0.25, 0.3) is 0 Å². The summed E-state index contributed by atoms with van der Waals surface area (Å²) in [6.07, 6.45) is -4.59. The van der Waals surface area contributed by atoms with Crippen molar-refractivity contribution >= 4 is 18.5 Å². The quantitative estimate of drug-likeness (QED) is 0.444. The Labute approximate surface area is 156 Å². The molecule has 7 nitrogen and oxygen atoms in total. The van der Waals surface area contributed by atoms with E-state index in [9.17, 15) is 15.3 Å². The minimum absolute atomic E-state index is 0.428. The standard InChI is InChI=1S/C17H21O7PS/c18-11-15(19)17(21)16(20)12-22-25(26,23-13-7-3-1-4-8-13)24-14-9-5-2-6-10-14/h1-10,15-21H,11-12H2/t15-,16+,17+/m1/s1. The zero-order valence-electron chi connectivity index (χ0n) is 13.8. The maximum atomic E-state index is 9.93. The van der Waals surface area contributed by atoms with Crippen molar-refractivity contribution in [1.29, 1.82) is 0 Å². The van der Waals surface area contributed by atoms with Gasteiger partial charge in [-0.25, -0.2) is 0 Å². The van der Waals surface area contributed by atoms with Crippen LogP contribution in [0.4, 0.5) is 0 Å². The summed E-state index contributed by atoms with van der Waals surface area (Å²) >= 11 is 5.40. The third-order valence-electron chi connectivity index (χ3n) is 3.30. The first-order chi connectivity index (χ1) is 12.4. The summed E-state index contributed by atoms with van der Waals surface area (Å²) in [5, 5.41) is 37.9. The number of rotatable bonds is 10. The van der Waals surface area contributed by atoms with E-state index < -0.39 is 38.2 Å². The van der Waals surface area contributed by atoms with E-state index in [-0.39, 0.29) is 0 Å². The second-order valence-electron chi connectivity index (χ2n) is 5.36. The second-order valence-corrected chi connectivity index (χ2v) is 8.22. The van der Waals surface area contributed by atoms with Gasteiger partial charge < -0.3 is 29.5 Å². The van der Waals surface area contributed by atoms with Crippen LogP contribution in [0, 0.1) is 0 Å². The third kappa shape index (κ3) is 6.34. The van der Waals surface area contributed by atoms with Crippen LogP contribution < -0.4 is 9.05 Å². The lowest BCUT2D eigenvalue weighted by Gasteiger charge is -2.26. The van der Waals surface area contributed by atoms with Gasteiger partial charge in [0.1, 0.15) is 29.8 Å². The molecule has 0 spiro atoms. The molecule has 3 atom stereocenters. The molecule has 0 amide bonds. The van der Waals surface area contributed by atoms with Crippen molar-refractivity contribution in [1.82, 2.24) is 0 Å². The van der Waals surface area contributed by atoms with E-state index in [0.29, 0.717) is 11.5 Å². The average Bonchev–Trinajstić information content (AvgIpc) is 2.66. The van der Waals surface area contributed by atoms with Gasteiger partial charge in [-0.3, -0.25) is 4.52 Å². The summed E-state index contributed by atoms with van der Waals surface area (Å²) in [6.45, 7) is -4.53. The fourth-order valence-electron chi connectivity index (χ4n) is 1.92. The maximum absolute atomic E-state index is 9.93. The summed E-state index contributed by atoms with van der Waals surface area (Å²) < 4.78 is 16.9. The zero-order valence-corrected chi connectivity index (χ0v) is 15.5. The average molecular weight is 400 g/mol. The van der Waals surface area contributed by atoms with Crippen molar-refractivity contribution in [2.45, 2.75) is 18.3 Å². The van der Waals surface area contributed by atoms with E-state index in [2.05, 4.69) is 0 Å². The van der Waals surface area contributed by atoms with E-state index in [4.69, 9.17) is 30.5 Å². The van der Waals surface area contributed by atoms with Crippen molar-refractivity contribution in [3.05, 3.63) is 60.7 Å². The van der Waals surface area contributed by atoms with Crippen molar-refractivity contribution < 1.29 is 34.0 Å². The molecule has 0 saturated heterocycles. The summed E-state index contributed by atoms with van der Waals surface area (Å²) in [6, 6.07) is 17.4. The van der Waals surface area contributed by atoms with E-state index >= 15 is 0 Å². The molecule has 0 aliphatic rings. The lowest BCUT2D eigenvalue weighted by atomic mass is 10.1. The van der Waals surface area contributed by atoms with Crippen molar-refractivity contribution in [2.75, 3.05) is 13.2 Å². The SMILES string of the molecule is OC[C@@H](O)[C@H](O)[C@@H](O)COP(=S)(Oc1ccccc1)Oc1ccccc1. The molecule has 0 aliphatic carbocycles. The van der Waals surface area contributed by atoms with Crippen LogP contribution in [-0.2, 0) is 16.3 Å². The fourth-order valence-corrected chi connectivity index (χ4v) is 3.86. The highest BCUT2D eigenvalue weighted by atomic mass is 32.5. The summed E-state index contributed by atoms with van der Waals surface area (Å²) in [7, 11) is 0. The van der Waals surface area contributed by atoms with Crippen LogP contribution in [0.1, 0.15) is 0 Å². The first-order valence-electron chi connectivity index (χ1n) is 7.82. The number of hydrogen-bond acceptors (Lipinski definition) is 8. The molecule has 0 heterocycles. The monoisotopic (exact) mass is 400 g/mol. The molecule has 26 heavy (non-hydrogen) atoms. The molecule has 0 aliphatic heterocycles. The predicted octanol–water partition coefficient (Wildman–Crippen LogP) is 1.46. The molecule has 142 valence electrons. The van der Waals surface area contributed by atoms with Gasteiger partial charge in [0.25, 0.3) is 0 Å². The normalized spacial score (nSPS) is 15.1. The molecule has 0 fully saturated rings. The first-order valence-corrected chi connectivity index (χ1v) is 10.4. The van der Waals surface area contributed by atoms with Gasteiger partial charge in [0.15, 0.2) is 0 Å². The number of benzene rings is 2. The van der Waals surface area contributed by atoms with Crippen LogP contribution in [0.5, 0.6) is 11.5 Å². The molecule has 2 aromatic carbocycles. The lowest BCUT2D eigenvalue weighted by molar-refractivity contribution is -0.0877. The summed E-state index contributed by atoms with van der Waals surface area (Å²) in [4.78, 5) is 0. The second kappa shape index (κ2) is 9.99. The third-order valence-corrected chi connectivity index (χ3v) is 5.40. The smallest absolute Gasteiger partial charge is 0.416 e. The highest BCUT2D eigenvalue weighted by Crippen LogP contribution is 2.50. The van der Waals surface area contributed by atoms with Gasteiger partial charge in [-0.2, -0.15) is 0 Å². The first kappa shape index (κ1) is 20.8. The Kier molecular flexibility index (Phi) is 7.99. The highest BCUT2D eigenvalue weighted by molar-refractivity contribution is 8.07. The Balaban J connectivity index is 2.11. The molecule has 2 aromatic rings. The molecule has 0 saturated carbocycles. The van der Waals surface area contributed by atoms with E-state index in [0.717, 1.165) is 0 Å². The Morgan fingerprint density at radius 3 is 1.69 bits per heavy atom. The number of hydrogen-bond donors (Lipinski definition) is 4. The van der Waals surface area contributed by atoms with Gasteiger partial charge in [0, 0.05) is 11.8 Å². The highest BCUT2D eigenvalue weighted by Gasteiger charge is 2.30. The minimum Gasteiger partial charge on any atom is -0.416 e. The predicted molar refractivity (Wildman–Crippen MR) is 99.5 cm³/mol. The van der Waals surface area contributed by atoms with Crippen molar-refractivity contribution in [3.63, 3.8) is 0 Å². The van der Waals surface area contributed by atoms with Gasteiger partial charge in [-0.05, 0) is 24.3 Å². The Bertz CT molecular complexity index is 655. The molecular formula is C17H21O7PS. The van der Waals surface area contributed by atoms with Gasteiger partial charge in [0.05, 0.1) is 13.2 Å². The molecule has 2 rings (SSSR count). The maximum Gasteiger partial charge on any atom is 0.435 e. The molecule has 0 radical (unpaired) electrons. The van der Waals surface area contributed by atoms with Crippen LogP contribution in [0.2, 0.25) is 0 Å². The fraction of sp³-hybridized carbons (Fsp3) is 0.294. The molecule has 0 unspecified atom stereocenters. The molecule has 9 heteroatoms. The Morgan fingerprint density at radius 2 is 1.27 bits per heavy atom. The van der Waals surface area contributed by atoms with Crippen LogP contribution in [-0.4, -0.2) is 52.0 Å². The molecule has 0 bridgehead atoms. The topological polar surface area (TPSA) is 109 Å². The summed E-state index contributed by atoms with van der Waals surface area (Å²) in [5.41, 5.74) is 0. The Morgan fingerprint density at radius 1 is 0.808 bits per heavy atom. The van der Waals surface area contributed by atoms with Crippen LogP contribution in [0.15, 0.2) is 60.7 Å². The van der Waals surface area contributed by atoms with Gasteiger partial charge >= 0.3 is 6.72 Å². The van der Waals surface area contributed by atoms with Crippen LogP contribution in [0.3, 0.4) is 0 Å². The molecule has 0 aromatic heterocycles. The van der Waals surface area contributed by atoms with E-state index in [1.54, 1.807) is 48.5 Å². The van der Waals surface area contributed by atoms with Crippen molar-refractivity contribution in [2.24, 2.45) is 0 Å². The lowest BCUT2D eigenvalue weighted by Crippen LogP contribution is -2.41. The minimum atomic E-state index is -3.38. The summed E-state index contributed by atoms with van der Waals surface area (Å²) in [5.74, 6) is 0.856. The largest absolute Gasteiger partial charge is 0.435 e. The number of aliphatic hydroxyl groups excluding tert-OH is 4. The zero-order chi connectivity index (χ0) is 19.0. The van der Waals surface area contributed by atoms with Crippen molar-refractivity contribution in [3.8, 4) is 11.5 Å². The van der Waals surface area contributed by atoms with Crippen LogP contribution >= 0.6 is 6.72 Å². The van der Waals surface area contributed by atoms with Gasteiger partial charge in [-0.15, -0.1) is 0 Å². The van der Waals surface area contributed by atoms with E-state index in [1.165, 1.54) is 0 Å². The molecule has 4 N–H and O–H groups in total. The van der Waals surface area contributed by atoms with Gasteiger partial charge in [0.2, 0.25) is 0 Å². The molecular weight excluding hydrogens is 379 g/mol. The number of para-hydroxylation sites is 2. The van der Waals surface area contributed by atoms with Gasteiger partial charge in [-0.1, -0.05) is 36.4 Å². The van der Waals surface area contributed by atoms with E-state index in [1.807, 2.05) is 12.1 Å².